The fourth-order valence-corrected chi connectivity index (χ4v) is 5.40. The van der Waals surface area contributed by atoms with E-state index in [0.717, 1.165) is 18.4 Å². The standard InChI is InChI=1S/C26H38ClN5O4/c1-15(2)19-14-28-32-21(13-20(27)29-22(19)32)31(24(34)36-26(6,7)8)18-11-16-9-10-17(12-18)30(16)23(33)35-25(3,4)5/h13-18H,9-12H2,1-8H3. The van der Waals surface area contributed by atoms with Gasteiger partial charge in [-0.25, -0.2) is 14.6 Å². The number of halogens is 1. The molecule has 0 radical (unpaired) electrons. The number of carbonyl (C=O) groups is 2. The second kappa shape index (κ2) is 9.39. The SMILES string of the molecule is CC(C)c1cnn2c(N(C(=O)OC(C)(C)C)C3CC4CCC(C3)N4C(=O)OC(C)(C)C)cc(Cl)nc12. The predicted octanol–water partition coefficient (Wildman–Crippen LogP) is 6.18. The fourth-order valence-electron chi connectivity index (χ4n) is 5.23. The number of fused-ring (bicyclic) bond motifs is 3. The highest BCUT2D eigenvalue weighted by molar-refractivity contribution is 6.29. The van der Waals surface area contributed by atoms with Gasteiger partial charge < -0.3 is 14.4 Å². The third kappa shape index (κ3) is 5.41. The summed E-state index contributed by atoms with van der Waals surface area (Å²) in [5.74, 6) is 0.700. The monoisotopic (exact) mass is 519 g/mol. The molecule has 2 unspecified atom stereocenters. The minimum absolute atomic E-state index is 0.0230. The van der Waals surface area contributed by atoms with E-state index in [1.807, 2.05) is 46.4 Å². The molecule has 0 aromatic carbocycles. The van der Waals surface area contributed by atoms with Gasteiger partial charge in [-0.15, -0.1) is 0 Å². The van der Waals surface area contributed by atoms with Crippen LogP contribution in [0.5, 0.6) is 0 Å². The number of hydrogen-bond acceptors (Lipinski definition) is 6. The van der Waals surface area contributed by atoms with Crippen LogP contribution in [0.2, 0.25) is 5.15 Å². The van der Waals surface area contributed by atoms with Gasteiger partial charge in [0.05, 0.1) is 6.20 Å². The van der Waals surface area contributed by atoms with E-state index in [4.69, 9.17) is 21.1 Å². The van der Waals surface area contributed by atoms with Crippen molar-refractivity contribution in [3.05, 3.63) is 23.0 Å². The number of aromatic nitrogens is 3. The molecule has 0 spiro atoms. The number of piperidine rings is 1. The van der Waals surface area contributed by atoms with E-state index in [-0.39, 0.29) is 35.3 Å². The first kappa shape index (κ1) is 26.5. The minimum atomic E-state index is -0.686. The molecule has 2 fully saturated rings. The van der Waals surface area contributed by atoms with Crippen molar-refractivity contribution in [2.24, 2.45) is 0 Å². The maximum atomic E-state index is 13.7. The Hall–Kier alpha value is -2.55. The van der Waals surface area contributed by atoms with Gasteiger partial charge in [-0.2, -0.15) is 9.61 Å². The smallest absolute Gasteiger partial charge is 0.416 e. The Balaban J connectivity index is 1.73. The molecular weight excluding hydrogens is 482 g/mol. The Labute approximate surface area is 218 Å². The number of amides is 2. The van der Waals surface area contributed by atoms with Gasteiger partial charge >= 0.3 is 12.2 Å². The van der Waals surface area contributed by atoms with E-state index in [9.17, 15) is 9.59 Å². The largest absolute Gasteiger partial charge is 0.444 e. The van der Waals surface area contributed by atoms with Crippen LogP contribution in [0.1, 0.15) is 92.6 Å². The topological polar surface area (TPSA) is 89.3 Å². The first-order valence-corrected chi connectivity index (χ1v) is 13.1. The molecule has 10 heteroatoms. The highest BCUT2D eigenvalue weighted by Gasteiger charge is 2.48. The molecule has 2 aromatic rings. The van der Waals surface area contributed by atoms with Gasteiger partial charge in [-0.3, -0.25) is 4.90 Å². The first-order valence-electron chi connectivity index (χ1n) is 12.7. The summed E-state index contributed by atoms with van der Waals surface area (Å²) in [7, 11) is 0. The summed E-state index contributed by atoms with van der Waals surface area (Å²) in [5.41, 5.74) is 0.316. The van der Waals surface area contributed by atoms with Crippen molar-refractivity contribution in [3.8, 4) is 0 Å². The lowest BCUT2D eigenvalue weighted by molar-refractivity contribution is 0.00531. The van der Waals surface area contributed by atoms with Gasteiger partial charge in [0.15, 0.2) is 5.65 Å². The molecule has 2 aromatic heterocycles. The number of ether oxygens (including phenoxy) is 2. The molecule has 2 aliphatic rings. The quantitative estimate of drug-likeness (QED) is 0.450. The summed E-state index contributed by atoms with van der Waals surface area (Å²) in [6.07, 6.45) is 3.96. The van der Waals surface area contributed by atoms with E-state index in [1.54, 1.807) is 21.7 Å². The van der Waals surface area contributed by atoms with Crippen LogP contribution >= 0.6 is 11.6 Å². The van der Waals surface area contributed by atoms with E-state index in [1.165, 1.54) is 0 Å². The third-order valence-electron chi connectivity index (χ3n) is 6.59. The lowest BCUT2D eigenvalue weighted by Crippen LogP contribution is -2.55. The summed E-state index contributed by atoms with van der Waals surface area (Å²) >= 11 is 6.47. The molecule has 0 N–H and O–H groups in total. The Morgan fingerprint density at radius 3 is 2.17 bits per heavy atom. The maximum absolute atomic E-state index is 13.7. The first-order chi connectivity index (χ1) is 16.6. The number of carbonyl (C=O) groups excluding carboxylic acids is 2. The molecule has 0 saturated carbocycles. The van der Waals surface area contributed by atoms with Gasteiger partial charge in [0.25, 0.3) is 0 Å². The number of hydrogen-bond donors (Lipinski definition) is 0. The molecule has 2 atom stereocenters. The molecule has 4 rings (SSSR count). The van der Waals surface area contributed by atoms with Crippen LogP contribution in [0.15, 0.2) is 12.3 Å². The predicted molar refractivity (Wildman–Crippen MR) is 139 cm³/mol. The molecule has 2 aliphatic heterocycles. The van der Waals surface area contributed by atoms with Crippen molar-refractivity contribution in [1.82, 2.24) is 19.5 Å². The Morgan fingerprint density at radius 1 is 1.06 bits per heavy atom. The van der Waals surface area contributed by atoms with E-state index < -0.39 is 17.3 Å². The molecule has 198 valence electrons. The third-order valence-corrected chi connectivity index (χ3v) is 6.78. The summed E-state index contributed by atoms with van der Waals surface area (Å²) in [4.78, 5) is 34.7. The van der Waals surface area contributed by atoms with Gasteiger partial charge in [-0.05, 0) is 73.1 Å². The van der Waals surface area contributed by atoms with Crippen LogP contribution in [-0.2, 0) is 9.47 Å². The highest BCUT2D eigenvalue weighted by atomic mass is 35.5. The molecule has 2 amide bonds. The average Bonchev–Trinajstić information content (AvgIpc) is 3.24. The Kier molecular flexibility index (Phi) is 6.92. The fraction of sp³-hybridized carbons (Fsp3) is 0.692. The zero-order valence-electron chi connectivity index (χ0n) is 22.5. The van der Waals surface area contributed by atoms with Gasteiger partial charge in [0.1, 0.15) is 22.2 Å². The molecule has 36 heavy (non-hydrogen) atoms. The van der Waals surface area contributed by atoms with Crippen LogP contribution in [-0.4, -0.2) is 61.0 Å². The van der Waals surface area contributed by atoms with Crippen LogP contribution in [0.3, 0.4) is 0 Å². The average molecular weight is 520 g/mol. The van der Waals surface area contributed by atoms with Crippen molar-refractivity contribution in [3.63, 3.8) is 0 Å². The lowest BCUT2D eigenvalue weighted by atomic mass is 9.96. The number of rotatable bonds is 3. The van der Waals surface area contributed by atoms with Gasteiger partial charge in [0.2, 0.25) is 0 Å². The van der Waals surface area contributed by atoms with Crippen LogP contribution in [0.25, 0.3) is 5.65 Å². The Morgan fingerprint density at radius 2 is 1.64 bits per heavy atom. The second-order valence-electron chi connectivity index (χ2n) is 12.2. The Bertz CT molecular complexity index is 1140. The number of nitrogens with zero attached hydrogens (tertiary/aromatic N) is 5. The van der Waals surface area contributed by atoms with Crippen molar-refractivity contribution < 1.29 is 19.1 Å². The maximum Gasteiger partial charge on any atom is 0.416 e. The highest BCUT2D eigenvalue weighted by Crippen LogP contribution is 2.40. The van der Waals surface area contributed by atoms with Crippen LogP contribution in [0, 0.1) is 0 Å². The van der Waals surface area contributed by atoms with Gasteiger partial charge in [-0.1, -0.05) is 25.4 Å². The molecular formula is C26H38ClN5O4. The van der Waals surface area contributed by atoms with Crippen molar-refractivity contribution >= 4 is 35.3 Å². The van der Waals surface area contributed by atoms with Crippen LogP contribution in [0.4, 0.5) is 15.4 Å². The zero-order chi connectivity index (χ0) is 26.6. The van der Waals surface area contributed by atoms with Crippen LogP contribution < -0.4 is 4.90 Å². The summed E-state index contributed by atoms with van der Waals surface area (Å²) in [6.45, 7) is 15.3. The minimum Gasteiger partial charge on any atom is -0.444 e. The van der Waals surface area contributed by atoms with E-state index >= 15 is 0 Å². The van der Waals surface area contributed by atoms with Crippen molar-refractivity contribution in [2.75, 3.05) is 4.90 Å². The van der Waals surface area contributed by atoms with E-state index in [2.05, 4.69) is 23.9 Å². The molecule has 2 saturated heterocycles. The summed E-state index contributed by atoms with van der Waals surface area (Å²) in [6, 6.07) is 1.41. The molecule has 4 heterocycles. The van der Waals surface area contributed by atoms with Crippen molar-refractivity contribution in [1.29, 1.82) is 0 Å². The zero-order valence-corrected chi connectivity index (χ0v) is 23.3. The molecule has 9 nitrogen and oxygen atoms in total. The summed E-state index contributed by atoms with van der Waals surface area (Å²) in [5, 5.41) is 4.85. The second-order valence-corrected chi connectivity index (χ2v) is 12.6. The number of anilines is 1. The van der Waals surface area contributed by atoms with Gasteiger partial charge in [0, 0.05) is 29.8 Å². The molecule has 2 bridgehead atoms. The van der Waals surface area contributed by atoms with E-state index in [0.29, 0.717) is 24.3 Å². The normalized spacial score (nSPS) is 22.3. The van der Waals surface area contributed by atoms with Crippen molar-refractivity contribution in [2.45, 2.75) is 116 Å². The molecule has 0 aliphatic carbocycles. The lowest BCUT2D eigenvalue weighted by Gasteiger charge is -2.43. The summed E-state index contributed by atoms with van der Waals surface area (Å²) < 4.78 is 13.2.